The number of carbonyl (C=O) groups excluding carboxylic acids is 3. The van der Waals surface area contributed by atoms with Gasteiger partial charge in [0.05, 0.1) is 16.9 Å². The fourth-order valence-electron chi connectivity index (χ4n) is 2.71. The van der Waals surface area contributed by atoms with Crippen LogP contribution in [0.25, 0.3) is 0 Å². The molecular weight excluding hydrogens is 394 g/mol. The van der Waals surface area contributed by atoms with Gasteiger partial charge < -0.3 is 20.9 Å². The number of rotatable bonds is 5. The first-order chi connectivity index (χ1) is 13.8. The average Bonchev–Trinajstić information content (AvgIpc) is 3.19. The highest BCUT2D eigenvalue weighted by Gasteiger charge is 2.22. The summed E-state index contributed by atoms with van der Waals surface area (Å²) in [5.41, 5.74) is 7.38. The number of anilines is 2. The zero-order valence-electron chi connectivity index (χ0n) is 15.7. The SMILES string of the molecule is Cc1cccc(C(=O)Nc2ccc(N(C)C(=O)c3nc[nH]c3C(N)=O)cc2)c1Cl. The van der Waals surface area contributed by atoms with Crippen molar-refractivity contribution in [2.45, 2.75) is 6.92 Å². The van der Waals surface area contributed by atoms with Crippen LogP contribution < -0.4 is 16.0 Å². The monoisotopic (exact) mass is 411 g/mol. The number of nitrogens with one attached hydrogen (secondary N) is 2. The summed E-state index contributed by atoms with van der Waals surface area (Å²) in [6.45, 7) is 1.82. The molecule has 9 heteroatoms. The molecule has 29 heavy (non-hydrogen) atoms. The highest BCUT2D eigenvalue weighted by atomic mass is 35.5. The van der Waals surface area contributed by atoms with Crippen molar-refractivity contribution in [1.82, 2.24) is 9.97 Å². The molecule has 4 N–H and O–H groups in total. The molecule has 0 saturated carbocycles. The Labute approximate surface area is 171 Å². The van der Waals surface area contributed by atoms with E-state index in [4.69, 9.17) is 17.3 Å². The Kier molecular flexibility index (Phi) is 5.65. The summed E-state index contributed by atoms with van der Waals surface area (Å²) in [6, 6.07) is 11.8. The molecule has 0 atom stereocenters. The number of benzene rings is 2. The Morgan fingerprint density at radius 2 is 1.83 bits per heavy atom. The third-order valence-electron chi connectivity index (χ3n) is 4.34. The van der Waals surface area contributed by atoms with Gasteiger partial charge in [0.2, 0.25) is 0 Å². The van der Waals surface area contributed by atoms with Gasteiger partial charge >= 0.3 is 0 Å². The highest BCUT2D eigenvalue weighted by molar-refractivity contribution is 6.35. The van der Waals surface area contributed by atoms with Crippen LogP contribution in [0.3, 0.4) is 0 Å². The van der Waals surface area contributed by atoms with Gasteiger partial charge in [0.15, 0.2) is 5.69 Å². The largest absolute Gasteiger partial charge is 0.364 e. The van der Waals surface area contributed by atoms with Gasteiger partial charge in [-0.3, -0.25) is 14.4 Å². The van der Waals surface area contributed by atoms with Gasteiger partial charge in [-0.05, 0) is 42.8 Å². The minimum Gasteiger partial charge on any atom is -0.364 e. The van der Waals surface area contributed by atoms with Crippen LogP contribution in [0.15, 0.2) is 48.8 Å². The smallest absolute Gasteiger partial charge is 0.279 e. The standard InChI is InChI=1S/C20H18ClN5O3/c1-11-4-3-5-14(15(11)21)19(28)25-12-6-8-13(9-7-12)26(2)20(29)17-16(18(22)27)23-10-24-17/h3-10H,1-2H3,(H2,22,27)(H,23,24)(H,25,28). The number of aryl methyl sites for hydroxylation is 1. The maximum absolute atomic E-state index is 12.6. The van der Waals surface area contributed by atoms with E-state index in [1.165, 1.54) is 11.2 Å². The molecule has 0 unspecified atom stereocenters. The summed E-state index contributed by atoms with van der Waals surface area (Å²) in [6.07, 6.45) is 1.23. The molecule has 1 aromatic heterocycles. The molecule has 0 aliphatic carbocycles. The van der Waals surface area contributed by atoms with Gasteiger partial charge in [-0.15, -0.1) is 0 Å². The topological polar surface area (TPSA) is 121 Å². The first kappa shape index (κ1) is 20.1. The van der Waals surface area contributed by atoms with Crippen molar-refractivity contribution in [2.24, 2.45) is 5.73 Å². The molecule has 0 fully saturated rings. The quantitative estimate of drug-likeness (QED) is 0.597. The van der Waals surface area contributed by atoms with E-state index in [0.717, 1.165) is 5.56 Å². The Morgan fingerprint density at radius 1 is 1.14 bits per heavy atom. The number of amides is 3. The van der Waals surface area contributed by atoms with Gasteiger partial charge in [0, 0.05) is 18.4 Å². The van der Waals surface area contributed by atoms with Crippen LogP contribution in [0, 0.1) is 6.92 Å². The number of imidazole rings is 1. The molecule has 3 rings (SSSR count). The predicted octanol–water partition coefficient (Wildman–Crippen LogP) is 3.00. The van der Waals surface area contributed by atoms with Gasteiger partial charge in [-0.25, -0.2) is 4.98 Å². The van der Waals surface area contributed by atoms with Gasteiger partial charge in [0.1, 0.15) is 5.69 Å². The summed E-state index contributed by atoms with van der Waals surface area (Å²) in [5.74, 6) is -1.60. The molecule has 148 valence electrons. The number of aromatic nitrogens is 2. The number of aromatic amines is 1. The molecule has 1 heterocycles. The predicted molar refractivity (Wildman–Crippen MR) is 110 cm³/mol. The summed E-state index contributed by atoms with van der Waals surface area (Å²) in [5, 5.41) is 3.17. The van der Waals surface area contributed by atoms with Gasteiger partial charge in [0.25, 0.3) is 17.7 Å². The second-order valence-corrected chi connectivity index (χ2v) is 6.67. The molecule has 0 bridgehead atoms. The zero-order valence-corrected chi connectivity index (χ0v) is 16.4. The Morgan fingerprint density at radius 3 is 2.48 bits per heavy atom. The summed E-state index contributed by atoms with van der Waals surface area (Å²) < 4.78 is 0. The van der Waals surface area contributed by atoms with Crippen LogP contribution >= 0.6 is 11.6 Å². The molecule has 3 aromatic rings. The normalized spacial score (nSPS) is 10.4. The lowest BCUT2D eigenvalue weighted by Crippen LogP contribution is -2.29. The summed E-state index contributed by atoms with van der Waals surface area (Å²) in [7, 11) is 1.54. The molecule has 2 aromatic carbocycles. The number of primary amides is 1. The Balaban J connectivity index is 1.75. The lowest BCUT2D eigenvalue weighted by molar-refractivity contribution is 0.0958. The average molecular weight is 412 g/mol. The Hall–Kier alpha value is -3.65. The third kappa shape index (κ3) is 4.12. The van der Waals surface area contributed by atoms with Gasteiger partial charge in [-0.2, -0.15) is 0 Å². The number of H-pyrrole nitrogens is 1. The van der Waals surface area contributed by atoms with E-state index in [9.17, 15) is 14.4 Å². The maximum Gasteiger partial charge on any atom is 0.279 e. The minimum absolute atomic E-state index is 0.0548. The molecular formula is C20H18ClN5O3. The molecule has 0 aliphatic rings. The van der Waals surface area contributed by atoms with Crippen molar-refractivity contribution in [3.05, 3.63) is 76.3 Å². The first-order valence-corrected chi connectivity index (χ1v) is 8.95. The first-order valence-electron chi connectivity index (χ1n) is 8.57. The van der Waals surface area contributed by atoms with Gasteiger partial charge in [-0.1, -0.05) is 23.7 Å². The fraction of sp³-hybridized carbons (Fsp3) is 0.100. The number of hydrogen-bond acceptors (Lipinski definition) is 4. The van der Waals surface area contributed by atoms with Crippen molar-refractivity contribution >= 4 is 40.7 Å². The summed E-state index contributed by atoms with van der Waals surface area (Å²) >= 11 is 6.19. The van der Waals surface area contributed by atoms with Crippen molar-refractivity contribution in [2.75, 3.05) is 17.3 Å². The molecule has 3 amide bonds. The van der Waals surface area contributed by atoms with Crippen LogP contribution in [-0.2, 0) is 0 Å². The lowest BCUT2D eigenvalue weighted by Gasteiger charge is -2.17. The molecule has 0 spiro atoms. The van der Waals surface area contributed by atoms with E-state index in [2.05, 4.69) is 15.3 Å². The van der Waals surface area contributed by atoms with Crippen molar-refractivity contribution in [3.63, 3.8) is 0 Å². The van der Waals surface area contributed by atoms with E-state index < -0.39 is 11.8 Å². The molecule has 0 saturated heterocycles. The van der Waals surface area contributed by atoms with E-state index >= 15 is 0 Å². The molecule has 0 radical (unpaired) electrons. The van der Waals surface area contributed by atoms with E-state index in [0.29, 0.717) is 22.0 Å². The van der Waals surface area contributed by atoms with Crippen LogP contribution in [0.4, 0.5) is 11.4 Å². The summed E-state index contributed by atoms with van der Waals surface area (Å²) in [4.78, 5) is 44.2. The van der Waals surface area contributed by atoms with Crippen molar-refractivity contribution < 1.29 is 14.4 Å². The number of carbonyl (C=O) groups is 3. The van der Waals surface area contributed by atoms with Crippen LogP contribution in [0.1, 0.15) is 36.9 Å². The minimum atomic E-state index is -0.771. The van der Waals surface area contributed by atoms with Crippen molar-refractivity contribution in [1.29, 1.82) is 0 Å². The second-order valence-electron chi connectivity index (χ2n) is 6.29. The van der Waals surface area contributed by atoms with Crippen LogP contribution in [-0.4, -0.2) is 34.7 Å². The number of halogens is 1. The fourth-order valence-corrected chi connectivity index (χ4v) is 2.92. The third-order valence-corrected chi connectivity index (χ3v) is 4.84. The maximum atomic E-state index is 12.6. The van der Waals surface area contributed by atoms with E-state index in [1.54, 1.807) is 43.4 Å². The number of nitrogens with two attached hydrogens (primary N) is 1. The highest BCUT2D eigenvalue weighted by Crippen LogP contribution is 2.23. The molecule has 0 aliphatic heterocycles. The Bertz CT molecular complexity index is 1090. The second kappa shape index (κ2) is 8.15. The van der Waals surface area contributed by atoms with E-state index in [1.807, 2.05) is 13.0 Å². The van der Waals surface area contributed by atoms with Crippen LogP contribution in [0.5, 0.6) is 0 Å². The van der Waals surface area contributed by atoms with Crippen molar-refractivity contribution in [3.8, 4) is 0 Å². The number of hydrogen-bond donors (Lipinski definition) is 3. The number of nitrogens with zero attached hydrogens (tertiary/aromatic N) is 2. The molecule has 8 nitrogen and oxygen atoms in total. The zero-order chi connectivity index (χ0) is 21.1. The lowest BCUT2D eigenvalue weighted by atomic mass is 10.1. The van der Waals surface area contributed by atoms with E-state index in [-0.39, 0.29) is 17.3 Å². The van der Waals surface area contributed by atoms with Crippen LogP contribution in [0.2, 0.25) is 5.02 Å².